The Morgan fingerprint density at radius 3 is 2.29 bits per heavy atom. The van der Waals surface area contributed by atoms with Crippen molar-refractivity contribution in [1.82, 2.24) is 0 Å². The maximum absolute atomic E-state index is 11.5. The van der Waals surface area contributed by atoms with Crippen LogP contribution in [-0.2, 0) is 15.1 Å². The van der Waals surface area contributed by atoms with Crippen LogP contribution >= 0.6 is 0 Å². The molecule has 1 aromatic rings. The zero-order valence-electron chi connectivity index (χ0n) is 10.7. The van der Waals surface area contributed by atoms with Crippen molar-refractivity contribution < 1.29 is 14.6 Å². The highest BCUT2D eigenvalue weighted by Crippen LogP contribution is 2.30. The minimum absolute atomic E-state index is 0.422. The molecule has 0 radical (unpaired) electrons. The first-order valence-corrected chi connectivity index (χ1v) is 6.01. The van der Waals surface area contributed by atoms with Crippen LogP contribution in [0.1, 0.15) is 37.8 Å². The van der Waals surface area contributed by atoms with Gasteiger partial charge in [0.05, 0.1) is 0 Å². The predicted molar refractivity (Wildman–Crippen MR) is 67.0 cm³/mol. The molecule has 17 heavy (non-hydrogen) atoms. The van der Waals surface area contributed by atoms with E-state index in [1.54, 1.807) is 0 Å². The normalized spacial score (nSPS) is 14.3. The summed E-state index contributed by atoms with van der Waals surface area (Å²) in [5.74, 6) is -0.919. The quantitative estimate of drug-likeness (QED) is 0.825. The van der Waals surface area contributed by atoms with Crippen molar-refractivity contribution in [2.75, 3.05) is 6.61 Å². The molecule has 0 bridgehead atoms. The first kappa shape index (κ1) is 13.7. The highest BCUT2D eigenvalue weighted by atomic mass is 16.5. The fourth-order valence-electron chi connectivity index (χ4n) is 1.83. The lowest BCUT2D eigenvalue weighted by Crippen LogP contribution is -2.38. The third kappa shape index (κ3) is 2.86. The Hall–Kier alpha value is -1.35. The predicted octanol–water partition coefficient (Wildman–Crippen LogP) is 3.11. The molecular weight excluding hydrogens is 216 g/mol. The van der Waals surface area contributed by atoms with E-state index in [-0.39, 0.29) is 0 Å². The number of hydrogen-bond donors (Lipinski definition) is 1. The Labute approximate surface area is 102 Å². The average Bonchev–Trinajstić information content (AvgIpc) is 2.32. The summed E-state index contributed by atoms with van der Waals surface area (Å²) in [6.45, 7) is 6.24. The van der Waals surface area contributed by atoms with Gasteiger partial charge in [-0.3, -0.25) is 0 Å². The van der Waals surface area contributed by atoms with Crippen LogP contribution in [0.2, 0.25) is 0 Å². The van der Waals surface area contributed by atoms with Crippen molar-refractivity contribution in [1.29, 1.82) is 0 Å². The molecule has 0 spiro atoms. The summed E-state index contributed by atoms with van der Waals surface area (Å²) in [4.78, 5) is 11.5. The molecule has 1 rings (SSSR count). The number of benzene rings is 1. The van der Waals surface area contributed by atoms with Gasteiger partial charge in [0.25, 0.3) is 0 Å². The number of carboxylic acid groups (broad SMARTS) is 1. The van der Waals surface area contributed by atoms with Crippen LogP contribution in [0.15, 0.2) is 24.3 Å². The van der Waals surface area contributed by atoms with Crippen molar-refractivity contribution in [3.05, 3.63) is 35.4 Å². The van der Waals surface area contributed by atoms with Crippen LogP contribution in [0.4, 0.5) is 0 Å². The van der Waals surface area contributed by atoms with Gasteiger partial charge in [0.1, 0.15) is 0 Å². The molecule has 3 nitrogen and oxygen atoms in total. The lowest BCUT2D eigenvalue weighted by Gasteiger charge is -2.29. The van der Waals surface area contributed by atoms with Gasteiger partial charge < -0.3 is 9.84 Å². The Morgan fingerprint density at radius 2 is 1.88 bits per heavy atom. The first-order valence-electron chi connectivity index (χ1n) is 6.01. The van der Waals surface area contributed by atoms with E-state index in [1.807, 2.05) is 45.0 Å². The molecule has 0 heterocycles. The van der Waals surface area contributed by atoms with Crippen molar-refractivity contribution in [3.63, 3.8) is 0 Å². The van der Waals surface area contributed by atoms with E-state index in [1.165, 1.54) is 0 Å². The van der Waals surface area contributed by atoms with E-state index in [0.717, 1.165) is 12.0 Å². The molecule has 0 saturated carbocycles. The van der Waals surface area contributed by atoms with E-state index in [4.69, 9.17) is 4.74 Å². The SMILES string of the molecule is CCCOC(CC)(C(=O)O)c1ccc(C)cc1. The molecule has 3 heteroatoms. The molecule has 0 aromatic heterocycles. The summed E-state index contributed by atoms with van der Waals surface area (Å²) in [6, 6.07) is 7.50. The van der Waals surface area contributed by atoms with Gasteiger partial charge in [-0.15, -0.1) is 0 Å². The van der Waals surface area contributed by atoms with E-state index >= 15 is 0 Å². The molecule has 0 fully saturated rings. The maximum Gasteiger partial charge on any atom is 0.340 e. The Balaban J connectivity index is 3.12. The molecule has 0 aliphatic rings. The van der Waals surface area contributed by atoms with Gasteiger partial charge in [-0.05, 0) is 25.3 Å². The summed E-state index contributed by atoms with van der Waals surface area (Å²) < 4.78 is 5.62. The smallest absolute Gasteiger partial charge is 0.340 e. The van der Waals surface area contributed by atoms with Crippen LogP contribution in [0, 0.1) is 6.92 Å². The Bertz CT molecular complexity index is 370. The van der Waals surface area contributed by atoms with Crippen molar-refractivity contribution in [2.24, 2.45) is 0 Å². The fourth-order valence-corrected chi connectivity index (χ4v) is 1.83. The number of carboxylic acids is 1. The number of rotatable bonds is 6. The Morgan fingerprint density at radius 1 is 1.29 bits per heavy atom. The van der Waals surface area contributed by atoms with Gasteiger partial charge in [-0.1, -0.05) is 43.7 Å². The molecule has 1 N–H and O–H groups in total. The molecule has 0 aliphatic carbocycles. The standard InChI is InChI=1S/C14H20O3/c1-4-10-17-14(5-2,13(15)16)12-8-6-11(3)7-9-12/h6-9H,4-5,10H2,1-3H3,(H,15,16). The lowest BCUT2D eigenvalue weighted by atomic mass is 9.90. The number of hydrogen-bond acceptors (Lipinski definition) is 2. The minimum Gasteiger partial charge on any atom is -0.479 e. The third-order valence-electron chi connectivity index (χ3n) is 2.91. The molecule has 94 valence electrons. The summed E-state index contributed by atoms with van der Waals surface area (Å²) >= 11 is 0. The van der Waals surface area contributed by atoms with Crippen molar-refractivity contribution >= 4 is 5.97 Å². The fraction of sp³-hybridized carbons (Fsp3) is 0.500. The van der Waals surface area contributed by atoms with Crippen LogP contribution in [0.25, 0.3) is 0 Å². The molecule has 0 saturated heterocycles. The molecule has 0 aliphatic heterocycles. The van der Waals surface area contributed by atoms with Gasteiger partial charge >= 0.3 is 5.97 Å². The summed E-state index contributed by atoms with van der Waals surface area (Å²) in [7, 11) is 0. The zero-order chi connectivity index (χ0) is 12.9. The van der Waals surface area contributed by atoms with Crippen LogP contribution in [0.5, 0.6) is 0 Å². The van der Waals surface area contributed by atoms with Crippen molar-refractivity contribution in [2.45, 2.75) is 39.2 Å². The van der Waals surface area contributed by atoms with Crippen molar-refractivity contribution in [3.8, 4) is 0 Å². The molecule has 1 atom stereocenters. The average molecular weight is 236 g/mol. The van der Waals surface area contributed by atoms with Gasteiger partial charge in [-0.2, -0.15) is 0 Å². The summed E-state index contributed by atoms with van der Waals surface area (Å²) in [5.41, 5.74) is 0.621. The second kappa shape index (κ2) is 5.82. The second-order valence-corrected chi connectivity index (χ2v) is 4.20. The summed E-state index contributed by atoms with van der Waals surface area (Å²) in [5, 5.41) is 9.45. The topological polar surface area (TPSA) is 46.5 Å². The highest BCUT2D eigenvalue weighted by molar-refractivity contribution is 5.79. The maximum atomic E-state index is 11.5. The van der Waals surface area contributed by atoms with E-state index in [2.05, 4.69) is 0 Å². The van der Waals surface area contributed by atoms with E-state index < -0.39 is 11.6 Å². The molecule has 1 aromatic carbocycles. The van der Waals surface area contributed by atoms with Gasteiger partial charge in [0.15, 0.2) is 5.60 Å². The number of ether oxygens (including phenoxy) is 1. The first-order chi connectivity index (χ1) is 8.06. The second-order valence-electron chi connectivity index (χ2n) is 4.20. The van der Waals surface area contributed by atoms with Crippen LogP contribution in [0.3, 0.4) is 0 Å². The highest BCUT2D eigenvalue weighted by Gasteiger charge is 2.39. The molecule has 0 amide bonds. The lowest BCUT2D eigenvalue weighted by molar-refractivity contribution is -0.168. The zero-order valence-corrected chi connectivity index (χ0v) is 10.7. The number of aryl methyl sites for hydroxylation is 1. The van der Waals surface area contributed by atoms with E-state index in [0.29, 0.717) is 18.6 Å². The molecule has 1 unspecified atom stereocenters. The van der Waals surface area contributed by atoms with Gasteiger partial charge in [0, 0.05) is 6.61 Å². The number of carbonyl (C=O) groups is 1. The largest absolute Gasteiger partial charge is 0.479 e. The summed E-state index contributed by atoms with van der Waals surface area (Å²) in [6.07, 6.45) is 1.23. The Kier molecular flexibility index (Phi) is 4.70. The number of aliphatic carboxylic acids is 1. The van der Waals surface area contributed by atoms with E-state index in [9.17, 15) is 9.90 Å². The van der Waals surface area contributed by atoms with Crippen LogP contribution < -0.4 is 0 Å². The van der Waals surface area contributed by atoms with Crippen LogP contribution in [-0.4, -0.2) is 17.7 Å². The third-order valence-corrected chi connectivity index (χ3v) is 2.91. The minimum atomic E-state index is -1.20. The van der Waals surface area contributed by atoms with Gasteiger partial charge in [0.2, 0.25) is 0 Å². The molecular formula is C14H20O3. The van der Waals surface area contributed by atoms with Gasteiger partial charge in [-0.25, -0.2) is 4.79 Å². The monoisotopic (exact) mass is 236 g/mol.